The molecule has 166 valence electrons. The van der Waals surface area contributed by atoms with Gasteiger partial charge in [-0.1, -0.05) is 0 Å². The van der Waals surface area contributed by atoms with Crippen molar-refractivity contribution in [3.05, 3.63) is 31.4 Å². The third-order valence-corrected chi connectivity index (χ3v) is 6.32. The van der Waals surface area contributed by atoms with Crippen LogP contribution in [0.15, 0.2) is 9.59 Å². The third-order valence-electron chi connectivity index (χ3n) is 6.32. The van der Waals surface area contributed by atoms with Gasteiger partial charge >= 0.3 is 5.69 Å². The molecule has 0 bridgehead atoms. The zero-order valence-electron chi connectivity index (χ0n) is 17.0. The predicted octanol–water partition coefficient (Wildman–Crippen LogP) is -0.985. The lowest BCUT2D eigenvalue weighted by Gasteiger charge is -2.37. The molecule has 3 N–H and O–H groups in total. The van der Waals surface area contributed by atoms with E-state index in [9.17, 15) is 18.4 Å². The second-order valence-corrected chi connectivity index (χ2v) is 8.08. The minimum Gasteiger partial charge on any atom is -0.497 e. The van der Waals surface area contributed by atoms with Gasteiger partial charge in [0.2, 0.25) is 0 Å². The Bertz CT molecular complexity index is 1090. The molecule has 4 unspecified atom stereocenters. The molecule has 8 nitrogen and oxygen atoms in total. The number of aromatic nitrogens is 2. The number of alkyl halides is 3. The summed E-state index contributed by atoms with van der Waals surface area (Å²) in [5.74, 6) is -4.57. The topological polar surface area (TPSA) is 103 Å². The van der Waals surface area contributed by atoms with Crippen molar-refractivity contribution < 1.29 is 22.6 Å². The molecule has 1 aromatic rings. The first-order valence-electron chi connectivity index (χ1n) is 9.82. The van der Waals surface area contributed by atoms with Crippen LogP contribution in [0.2, 0.25) is 0 Å². The van der Waals surface area contributed by atoms with Crippen molar-refractivity contribution in [3.8, 4) is 0 Å². The van der Waals surface area contributed by atoms with Crippen LogP contribution in [-0.4, -0.2) is 66.1 Å². The SMILES string of the molecule is COC1=c2c(c(=O)[nH]c(=O)n2C2CC2)=C(C)C(F)C1N1CC(F)(F)C(CN)C1OC. The molecule has 3 aliphatic rings. The van der Waals surface area contributed by atoms with Crippen LogP contribution in [0, 0.1) is 5.92 Å². The summed E-state index contributed by atoms with van der Waals surface area (Å²) in [5, 5.41) is 0.164. The van der Waals surface area contributed by atoms with E-state index in [0.717, 1.165) is 12.8 Å². The molecule has 0 radical (unpaired) electrons. The molecule has 0 aromatic carbocycles. The van der Waals surface area contributed by atoms with E-state index in [4.69, 9.17) is 15.2 Å². The summed E-state index contributed by atoms with van der Waals surface area (Å²) < 4.78 is 57.2. The molecule has 1 aromatic heterocycles. The van der Waals surface area contributed by atoms with Gasteiger partial charge in [-0.2, -0.15) is 0 Å². The van der Waals surface area contributed by atoms with E-state index in [1.165, 1.54) is 30.6 Å². The Labute approximate surface area is 169 Å². The van der Waals surface area contributed by atoms with E-state index in [1.807, 2.05) is 0 Å². The molecule has 2 fully saturated rings. The van der Waals surface area contributed by atoms with E-state index < -0.39 is 48.1 Å². The van der Waals surface area contributed by atoms with Gasteiger partial charge in [0.15, 0.2) is 0 Å². The lowest BCUT2D eigenvalue weighted by atomic mass is 9.94. The van der Waals surface area contributed by atoms with Crippen LogP contribution >= 0.6 is 0 Å². The highest BCUT2D eigenvalue weighted by Gasteiger charge is 2.58. The maximum Gasteiger partial charge on any atom is 0.329 e. The largest absolute Gasteiger partial charge is 0.497 e. The second-order valence-electron chi connectivity index (χ2n) is 8.08. The molecule has 0 amide bonds. The summed E-state index contributed by atoms with van der Waals surface area (Å²) in [5.41, 5.74) is 4.27. The smallest absolute Gasteiger partial charge is 0.329 e. The fourth-order valence-corrected chi connectivity index (χ4v) is 4.76. The van der Waals surface area contributed by atoms with Gasteiger partial charge in [0, 0.05) is 19.7 Å². The fraction of sp³-hybridized carbons (Fsp3) is 0.684. The van der Waals surface area contributed by atoms with E-state index in [1.54, 1.807) is 0 Å². The minimum atomic E-state index is -3.20. The summed E-state index contributed by atoms with van der Waals surface area (Å²) in [4.78, 5) is 28.5. The van der Waals surface area contributed by atoms with Crippen molar-refractivity contribution in [2.45, 2.75) is 50.2 Å². The molecule has 0 spiro atoms. The van der Waals surface area contributed by atoms with Gasteiger partial charge in [-0.25, -0.2) is 18.0 Å². The van der Waals surface area contributed by atoms with Gasteiger partial charge in [0.1, 0.15) is 24.2 Å². The van der Waals surface area contributed by atoms with Gasteiger partial charge < -0.3 is 15.2 Å². The van der Waals surface area contributed by atoms with Crippen molar-refractivity contribution in [3.63, 3.8) is 0 Å². The number of fused-ring (bicyclic) bond motifs is 1. The average Bonchev–Trinajstić information content (AvgIpc) is 3.47. The Morgan fingerprint density at radius 3 is 2.47 bits per heavy atom. The summed E-state index contributed by atoms with van der Waals surface area (Å²) >= 11 is 0. The first-order valence-corrected chi connectivity index (χ1v) is 9.82. The van der Waals surface area contributed by atoms with Crippen LogP contribution in [0.4, 0.5) is 13.2 Å². The Kier molecular flexibility index (Phi) is 5.10. The monoisotopic (exact) mass is 430 g/mol. The predicted molar refractivity (Wildman–Crippen MR) is 102 cm³/mol. The maximum absolute atomic E-state index is 15.7. The van der Waals surface area contributed by atoms with Crippen LogP contribution in [-0.2, 0) is 9.47 Å². The molecular formula is C19H25F3N4O4. The van der Waals surface area contributed by atoms with Crippen LogP contribution in [0.3, 0.4) is 0 Å². The van der Waals surface area contributed by atoms with Gasteiger partial charge in [-0.15, -0.1) is 0 Å². The van der Waals surface area contributed by atoms with Gasteiger partial charge in [-0.05, 0) is 25.3 Å². The second kappa shape index (κ2) is 7.24. The average molecular weight is 430 g/mol. The maximum atomic E-state index is 15.7. The zero-order valence-corrected chi connectivity index (χ0v) is 17.0. The molecule has 30 heavy (non-hydrogen) atoms. The van der Waals surface area contributed by atoms with Crippen molar-refractivity contribution in [2.24, 2.45) is 11.7 Å². The number of nitrogens with two attached hydrogens (primary N) is 1. The van der Waals surface area contributed by atoms with Crippen molar-refractivity contribution >= 4 is 11.3 Å². The number of methoxy groups -OCH3 is 2. The number of likely N-dealkylation sites (tertiary alicyclic amines) is 1. The van der Waals surface area contributed by atoms with E-state index in [2.05, 4.69) is 4.98 Å². The van der Waals surface area contributed by atoms with E-state index in [-0.39, 0.29) is 34.5 Å². The van der Waals surface area contributed by atoms with Crippen LogP contribution in [0.25, 0.3) is 11.3 Å². The number of H-pyrrole nitrogens is 1. The third kappa shape index (κ3) is 2.94. The first kappa shape index (κ1) is 21.1. The number of nitrogens with one attached hydrogen (secondary N) is 1. The standard InChI is InChI=1S/C19H25F3N4O4/c1-8-11-13(26(9-4-5-9)18(28)24-16(11)27)15(29-2)14(12(8)20)25-7-19(21,22)10(6-23)17(25)30-3/h9-10,12,14,17H,4-7,23H2,1-3H3,(H,24,27,28). The van der Waals surface area contributed by atoms with Gasteiger partial charge in [0.05, 0.1) is 30.1 Å². The number of nitrogens with zero attached hydrogens (tertiary/aromatic N) is 2. The lowest BCUT2D eigenvalue weighted by Crippen LogP contribution is -2.62. The normalized spacial score (nSPS) is 31.2. The highest BCUT2D eigenvalue weighted by atomic mass is 19.3. The molecule has 2 aliphatic carbocycles. The van der Waals surface area contributed by atoms with Crippen LogP contribution in [0.5, 0.6) is 0 Å². The van der Waals surface area contributed by atoms with Crippen molar-refractivity contribution in [1.29, 1.82) is 0 Å². The molecule has 1 aliphatic heterocycles. The number of ether oxygens (including phenoxy) is 2. The molecule has 1 saturated heterocycles. The van der Waals surface area contributed by atoms with Gasteiger partial charge in [-0.3, -0.25) is 19.2 Å². The minimum absolute atomic E-state index is 0.0115. The highest BCUT2D eigenvalue weighted by Crippen LogP contribution is 2.42. The summed E-state index contributed by atoms with van der Waals surface area (Å²) in [7, 11) is 2.54. The fourth-order valence-electron chi connectivity index (χ4n) is 4.76. The van der Waals surface area contributed by atoms with E-state index in [0.29, 0.717) is 0 Å². The van der Waals surface area contributed by atoms with Crippen LogP contribution in [0.1, 0.15) is 25.8 Å². The number of halogens is 3. The van der Waals surface area contributed by atoms with Crippen molar-refractivity contribution in [1.82, 2.24) is 14.5 Å². The number of hydrogen-bond acceptors (Lipinski definition) is 6. The number of hydrogen-bond donors (Lipinski definition) is 2. The Morgan fingerprint density at radius 2 is 1.93 bits per heavy atom. The quantitative estimate of drug-likeness (QED) is 0.623. The zero-order chi connectivity index (χ0) is 22.0. The lowest BCUT2D eigenvalue weighted by molar-refractivity contribution is -0.0732. The molecule has 11 heteroatoms. The molecular weight excluding hydrogens is 405 g/mol. The summed E-state index contributed by atoms with van der Waals surface area (Å²) in [6.45, 7) is 0.293. The molecule has 1 saturated carbocycles. The molecule has 4 atom stereocenters. The van der Waals surface area contributed by atoms with Crippen LogP contribution < -0.4 is 27.6 Å². The Morgan fingerprint density at radius 1 is 1.27 bits per heavy atom. The van der Waals surface area contributed by atoms with E-state index >= 15 is 4.39 Å². The Hall–Kier alpha value is -2.11. The first-order chi connectivity index (χ1) is 14.2. The number of rotatable bonds is 5. The van der Waals surface area contributed by atoms with Crippen molar-refractivity contribution in [2.75, 3.05) is 27.3 Å². The number of aromatic amines is 1. The molecule has 2 heterocycles. The molecule has 4 rings (SSSR count). The van der Waals surface area contributed by atoms with Gasteiger partial charge in [0.25, 0.3) is 11.5 Å². The highest BCUT2D eigenvalue weighted by molar-refractivity contribution is 5.60. The summed E-state index contributed by atoms with van der Waals surface area (Å²) in [6, 6.07) is -1.45. The Balaban J connectivity index is 2.02. The summed E-state index contributed by atoms with van der Waals surface area (Å²) in [6.07, 6.45) is -1.54.